The van der Waals surface area contributed by atoms with Crippen molar-refractivity contribution in [3.05, 3.63) is 33.8 Å². The van der Waals surface area contributed by atoms with E-state index in [1.54, 1.807) is 13.0 Å². The molecule has 0 aromatic heterocycles. The standard InChI is InChI=1S/C22H34BCl2N3O5/c1-13(2)9-19(23(33-12-14(3)4)28-15(5)22(31)32-6)27-20(29)11-26-21(30)17-10-16(24)7-8-18(17)25/h7-8,10,13-15,19,28H,9,11-12H2,1-6H3,(H,26,30)(H,27,29)/t15-,19+/m1/s1. The van der Waals surface area contributed by atoms with Crippen LogP contribution in [0.15, 0.2) is 18.2 Å². The van der Waals surface area contributed by atoms with Crippen molar-refractivity contribution in [2.75, 3.05) is 20.3 Å². The molecule has 1 rings (SSSR count). The predicted molar refractivity (Wildman–Crippen MR) is 131 cm³/mol. The normalized spacial score (nSPS) is 12.9. The van der Waals surface area contributed by atoms with Crippen LogP contribution in [0, 0.1) is 11.8 Å². The molecule has 0 aliphatic carbocycles. The zero-order valence-corrected chi connectivity index (χ0v) is 21.5. The summed E-state index contributed by atoms with van der Waals surface area (Å²) in [5, 5.41) is 9.17. The van der Waals surface area contributed by atoms with E-state index in [0.717, 1.165) is 0 Å². The highest BCUT2D eigenvalue weighted by Crippen LogP contribution is 2.20. The molecule has 33 heavy (non-hydrogen) atoms. The molecule has 0 heterocycles. The first-order valence-electron chi connectivity index (χ1n) is 10.9. The molecule has 3 N–H and O–H groups in total. The molecule has 0 aliphatic rings. The van der Waals surface area contributed by atoms with E-state index in [9.17, 15) is 14.4 Å². The summed E-state index contributed by atoms with van der Waals surface area (Å²) in [7, 11) is 0.679. The molecule has 184 valence electrons. The summed E-state index contributed by atoms with van der Waals surface area (Å²) in [6.07, 6.45) is 0.587. The molecule has 0 unspecified atom stereocenters. The molecular weight excluding hydrogens is 468 g/mol. The monoisotopic (exact) mass is 501 g/mol. The van der Waals surface area contributed by atoms with Gasteiger partial charge in [-0.1, -0.05) is 50.9 Å². The predicted octanol–water partition coefficient (Wildman–Crippen LogP) is 3.11. The number of ether oxygens (including phenoxy) is 1. The molecule has 11 heteroatoms. The van der Waals surface area contributed by atoms with Gasteiger partial charge in [0.25, 0.3) is 5.91 Å². The van der Waals surface area contributed by atoms with Crippen LogP contribution in [-0.2, 0) is 19.0 Å². The SMILES string of the molecule is COC(=O)[C@@H](C)NB(OCC(C)C)[C@H](CC(C)C)NC(=O)CNC(=O)c1cc(Cl)ccc1Cl. The number of halogens is 2. The van der Waals surface area contributed by atoms with Gasteiger partial charge in [0.05, 0.1) is 36.2 Å². The summed E-state index contributed by atoms with van der Waals surface area (Å²) in [5.41, 5.74) is 0.183. The smallest absolute Gasteiger partial charge is 0.404 e. The highest BCUT2D eigenvalue weighted by Gasteiger charge is 2.34. The number of methoxy groups -OCH3 is 1. The minimum atomic E-state index is -0.636. The summed E-state index contributed by atoms with van der Waals surface area (Å²) in [6.45, 7) is 9.89. The third-order valence-electron chi connectivity index (χ3n) is 4.60. The highest BCUT2D eigenvalue weighted by molar-refractivity contribution is 6.51. The molecule has 1 aromatic rings. The van der Waals surface area contributed by atoms with E-state index in [0.29, 0.717) is 18.1 Å². The van der Waals surface area contributed by atoms with Crippen LogP contribution in [0.4, 0.5) is 0 Å². The number of rotatable bonds is 13. The van der Waals surface area contributed by atoms with Gasteiger partial charge in [-0.05, 0) is 43.4 Å². The van der Waals surface area contributed by atoms with Crippen molar-refractivity contribution < 1.29 is 23.8 Å². The molecular formula is C22H34BCl2N3O5. The Balaban J connectivity index is 2.89. The van der Waals surface area contributed by atoms with Crippen molar-refractivity contribution in [1.29, 1.82) is 0 Å². The average Bonchev–Trinajstić information content (AvgIpc) is 2.74. The molecule has 0 spiro atoms. The molecule has 0 aliphatic heterocycles. The minimum Gasteiger partial charge on any atom is -0.468 e. The summed E-state index contributed by atoms with van der Waals surface area (Å²) in [5.74, 6) is -1.32. The lowest BCUT2D eigenvalue weighted by atomic mass is 9.68. The molecule has 0 bridgehead atoms. The molecule has 2 amide bonds. The van der Waals surface area contributed by atoms with Gasteiger partial charge in [0, 0.05) is 11.6 Å². The van der Waals surface area contributed by atoms with Gasteiger partial charge in [0.15, 0.2) is 0 Å². The van der Waals surface area contributed by atoms with Crippen LogP contribution < -0.4 is 15.9 Å². The maximum atomic E-state index is 12.7. The zero-order valence-electron chi connectivity index (χ0n) is 20.0. The second kappa shape index (κ2) is 14.5. The molecule has 1 aromatic carbocycles. The van der Waals surface area contributed by atoms with Crippen molar-refractivity contribution in [2.24, 2.45) is 11.8 Å². The largest absolute Gasteiger partial charge is 0.468 e. The first-order valence-corrected chi connectivity index (χ1v) is 11.7. The van der Waals surface area contributed by atoms with Crippen LogP contribution >= 0.6 is 23.2 Å². The van der Waals surface area contributed by atoms with E-state index in [2.05, 4.69) is 15.9 Å². The van der Waals surface area contributed by atoms with Crippen LogP contribution in [0.2, 0.25) is 10.0 Å². The Kier molecular flexibility index (Phi) is 12.8. The number of hydrogen-bond donors (Lipinski definition) is 3. The average molecular weight is 502 g/mol. The van der Waals surface area contributed by atoms with Gasteiger partial charge in [-0.2, -0.15) is 0 Å². The fraction of sp³-hybridized carbons (Fsp3) is 0.591. The summed E-state index contributed by atoms with van der Waals surface area (Å²) < 4.78 is 10.8. The summed E-state index contributed by atoms with van der Waals surface area (Å²) in [6, 6.07) is 3.89. The summed E-state index contributed by atoms with van der Waals surface area (Å²) in [4.78, 5) is 37.0. The Bertz CT molecular complexity index is 810. The van der Waals surface area contributed by atoms with Gasteiger partial charge in [-0.15, -0.1) is 0 Å². The van der Waals surface area contributed by atoms with E-state index in [4.69, 9.17) is 32.6 Å². The molecule has 0 saturated carbocycles. The van der Waals surface area contributed by atoms with Crippen molar-refractivity contribution in [3.63, 3.8) is 0 Å². The maximum absolute atomic E-state index is 12.7. The Morgan fingerprint density at radius 1 is 1.06 bits per heavy atom. The first kappa shape index (κ1) is 29.2. The van der Waals surface area contributed by atoms with E-state index >= 15 is 0 Å². The van der Waals surface area contributed by atoms with Gasteiger partial charge in [-0.25, -0.2) is 0 Å². The van der Waals surface area contributed by atoms with Gasteiger partial charge >= 0.3 is 13.0 Å². The van der Waals surface area contributed by atoms with E-state index in [1.807, 2.05) is 27.7 Å². The second-order valence-corrected chi connectivity index (χ2v) is 9.51. The van der Waals surface area contributed by atoms with Crippen LogP contribution in [0.25, 0.3) is 0 Å². The number of benzene rings is 1. The molecule has 8 nitrogen and oxygen atoms in total. The Labute approximate surface area is 206 Å². The van der Waals surface area contributed by atoms with E-state index in [-0.39, 0.29) is 29.0 Å². The fourth-order valence-corrected chi connectivity index (χ4v) is 3.39. The minimum absolute atomic E-state index is 0.183. The van der Waals surface area contributed by atoms with Crippen molar-refractivity contribution >= 4 is 48.0 Å². The van der Waals surface area contributed by atoms with Crippen LogP contribution in [0.1, 0.15) is 51.4 Å². The summed E-state index contributed by atoms with van der Waals surface area (Å²) >= 11 is 12.0. The number of hydrogen-bond acceptors (Lipinski definition) is 6. The Morgan fingerprint density at radius 2 is 1.73 bits per heavy atom. The second-order valence-electron chi connectivity index (χ2n) is 8.67. The zero-order chi connectivity index (χ0) is 25.1. The lowest BCUT2D eigenvalue weighted by Crippen LogP contribution is -2.60. The number of carbonyl (C=O) groups is 3. The van der Waals surface area contributed by atoms with Gasteiger partial charge in [-0.3, -0.25) is 14.4 Å². The lowest BCUT2D eigenvalue weighted by molar-refractivity contribution is -0.142. The lowest BCUT2D eigenvalue weighted by Gasteiger charge is -2.29. The third kappa shape index (κ3) is 10.8. The third-order valence-corrected chi connectivity index (χ3v) is 5.16. The van der Waals surface area contributed by atoms with Crippen molar-refractivity contribution in [1.82, 2.24) is 15.9 Å². The Hall–Kier alpha value is -1.81. The van der Waals surface area contributed by atoms with E-state index < -0.39 is 36.8 Å². The number of carbonyl (C=O) groups excluding carboxylic acids is 3. The molecule has 0 fully saturated rings. The maximum Gasteiger partial charge on any atom is 0.404 e. The molecule has 0 radical (unpaired) electrons. The van der Waals surface area contributed by atoms with Crippen LogP contribution in [0.5, 0.6) is 0 Å². The van der Waals surface area contributed by atoms with Gasteiger partial charge in [0.1, 0.15) is 0 Å². The van der Waals surface area contributed by atoms with Crippen molar-refractivity contribution in [2.45, 2.75) is 53.0 Å². The first-order chi connectivity index (χ1) is 15.4. The van der Waals surface area contributed by atoms with Crippen molar-refractivity contribution in [3.8, 4) is 0 Å². The Morgan fingerprint density at radius 3 is 2.30 bits per heavy atom. The van der Waals surface area contributed by atoms with Gasteiger partial charge < -0.3 is 25.3 Å². The number of esters is 1. The topological polar surface area (TPSA) is 106 Å². The van der Waals surface area contributed by atoms with Crippen LogP contribution in [-0.4, -0.2) is 57.1 Å². The van der Waals surface area contributed by atoms with Crippen LogP contribution in [0.3, 0.4) is 0 Å². The number of amides is 2. The van der Waals surface area contributed by atoms with E-state index in [1.165, 1.54) is 19.2 Å². The van der Waals surface area contributed by atoms with Gasteiger partial charge in [0.2, 0.25) is 5.91 Å². The molecule has 0 saturated heterocycles. The molecule has 2 atom stereocenters. The quantitative estimate of drug-likeness (QED) is 0.283. The number of nitrogens with one attached hydrogen (secondary N) is 3. The highest BCUT2D eigenvalue weighted by atomic mass is 35.5. The fourth-order valence-electron chi connectivity index (χ4n) is 3.02.